The van der Waals surface area contributed by atoms with Gasteiger partial charge >= 0.3 is 11.9 Å². The number of carbonyl (C=O) groups is 2. The Hall–Kier alpha value is -3.19. The minimum Gasteiger partial charge on any atom is -0.457 e. The van der Waals surface area contributed by atoms with Crippen LogP contribution in [0.2, 0.25) is 0 Å². The molecule has 0 aliphatic heterocycles. The van der Waals surface area contributed by atoms with E-state index >= 15 is 0 Å². The van der Waals surface area contributed by atoms with Gasteiger partial charge in [-0.05, 0) is 62.4 Å². The molecule has 0 saturated heterocycles. The van der Waals surface area contributed by atoms with Crippen LogP contribution in [-0.4, -0.2) is 25.5 Å². The highest BCUT2D eigenvalue weighted by Gasteiger charge is 2.05. The van der Waals surface area contributed by atoms with Gasteiger partial charge in [0, 0.05) is 20.9 Å². The van der Waals surface area contributed by atoms with Crippen LogP contribution in [-0.2, 0) is 19.1 Å². The van der Waals surface area contributed by atoms with Crippen molar-refractivity contribution in [1.29, 1.82) is 0 Å². The van der Waals surface area contributed by atoms with Crippen LogP contribution in [0.25, 0.3) is 0 Å². The summed E-state index contributed by atoms with van der Waals surface area (Å²) in [6, 6.07) is 14.8. The van der Waals surface area contributed by atoms with Gasteiger partial charge in [0.1, 0.15) is 11.5 Å². The van der Waals surface area contributed by atoms with Gasteiger partial charge in [-0.25, -0.2) is 9.59 Å². The molecule has 0 unspecified atom stereocenters. The van der Waals surface area contributed by atoms with Gasteiger partial charge in [-0.1, -0.05) is 24.9 Å². The normalized spacial score (nSPS) is 10.0. The zero-order valence-electron chi connectivity index (χ0n) is 16.3. The maximum atomic E-state index is 11.3. The van der Waals surface area contributed by atoms with Crippen LogP contribution in [0.15, 0.2) is 82.6 Å². The van der Waals surface area contributed by atoms with E-state index in [0.717, 1.165) is 9.79 Å². The largest absolute Gasteiger partial charge is 0.457 e. The summed E-state index contributed by atoms with van der Waals surface area (Å²) in [6.07, 6.45) is 0. The van der Waals surface area contributed by atoms with Crippen LogP contribution >= 0.6 is 11.8 Å². The van der Waals surface area contributed by atoms with Crippen LogP contribution in [0.3, 0.4) is 0 Å². The van der Waals surface area contributed by atoms with Crippen molar-refractivity contribution in [2.24, 2.45) is 0 Å². The summed E-state index contributed by atoms with van der Waals surface area (Å²) < 4.78 is 20.5. The summed E-state index contributed by atoms with van der Waals surface area (Å²) in [4.78, 5) is 24.6. The van der Waals surface area contributed by atoms with Gasteiger partial charge in [0.15, 0.2) is 0 Å². The Labute approximate surface area is 174 Å². The van der Waals surface area contributed by atoms with Gasteiger partial charge in [0.2, 0.25) is 13.6 Å². The Morgan fingerprint density at radius 1 is 0.724 bits per heavy atom. The van der Waals surface area contributed by atoms with E-state index in [1.807, 2.05) is 24.3 Å². The van der Waals surface area contributed by atoms with E-state index in [-0.39, 0.29) is 13.6 Å². The summed E-state index contributed by atoms with van der Waals surface area (Å²) >= 11 is 1.57. The van der Waals surface area contributed by atoms with Crippen LogP contribution in [0, 0.1) is 0 Å². The molecule has 0 atom stereocenters. The summed E-state index contributed by atoms with van der Waals surface area (Å²) in [5.41, 5.74) is 0.647. The summed E-state index contributed by atoms with van der Waals surface area (Å²) in [5.74, 6) is 0.214. The van der Waals surface area contributed by atoms with E-state index < -0.39 is 11.9 Å². The first kappa shape index (κ1) is 22.1. The quantitative estimate of drug-likeness (QED) is 0.316. The smallest absolute Gasteiger partial charge is 0.335 e. The maximum Gasteiger partial charge on any atom is 0.335 e. The third-order valence-corrected chi connectivity index (χ3v) is 4.43. The molecule has 0 saturated carbocycles. The predicted octanol–water partition coefficient (Wildman–Crippen LogP) is 4.75. The summed E-state index contributed by atoms with van der Waals surface area (Å²) in [7, 11) is 0. The second-order valence-electron chi connectivity index (χ2n) is 5.99. The molecular formula is C22H22O6S. The fourth-order valence-corrected chi connectivity index (χ4v) is 2.71. The van der Waals surface area contributed by atoms with Crippen molar-refractivity contribution in [3.8, 4) is 11.5 Å². The Kier molecular flexibility index (Phi) is 8.36. The molecule has 2 aromatic rings. The number of hydrogen-bond acceptors (Lipinski definition) is 7. The number of hydrogen-bond donors (Lipinski definition) is 0. The average Bonchev–Trinajstić information content (AvgIpc) is 2.70. The molecule has 0 N–H and O–H groups in total. The fraction of sp³-hybridized carbons (Fsp3) is 0.182. The highest BCUT2D eigenvalue weighted by Crippen LogP contribution is 2.30. The highest BCUT2D eigenvalue weighted by molar-refractivity contribution is 7.99. The Bertz CT molecular complexity index is 798. The molecule has 0 fully saturated rings. The third-order valence-electron chi connectivity index (χ3n) is 3.41. The lowest BCUT2D eigenvalue weighted by Gasteiger charge is -2.09. The van der Waals surface area contributed by atoms with Gasteiger partial charge in [0.05, 0.1) is 0 Å². The minimum atomic E-state index is -0.487. The second-order valence-corrected chi connectivity index (χ2v) is 7.14. The molecule has 0 heterocycles. The van der Waals surface area contributed by atoms with E-state index in [9.17, 15) is 9.59 Å². The van der Waals surface area contributed by atoms with E-state index in [2.05, 4.69) is 13.2 Å². The highest BCUT2D eigenvalue weighted by atomic mass is 32.2. The molecule has 29 heavy (non-hydrogen) atoms. The van der Waals surface area contributed by atoms with Crippen molar-refractivity contribution >= 4 is 23.7 Å². The summed E-state index contributed by atoms with van der Waals surface area (Å²) in [5, 5.41) is 0. The lowest BCUT2D eigenvalue weighted by Crippen LogP contribution is -2.10. The number of carbonyl (C=O) groups excluding carboxylic acids is 2. The van der Waals surface area contributed by atoms with Crippen LogP contribution in [0.4, 0.5) is 0 Å². The average molecular weight is 414 g/mol. The van der Waals surface area contributed by atoms with Crippen molar-refractivity contribution in [3.05, 3.63) is 72.8 Å². The standard InChI is InChI=1S/C22H22O6S/c1-15(2)21(23)27-13-25-17-5-9-19(10-6-17)29-20-11-7-18(8-12-20)26-14-28-22(24)16(3)4/h5-12H,1,3,13-14H2,2,4H3. The number of benzene rings is 2. The molecule has 0 spiro atoms. The van der Waals surface area contributed by atoms with Crippen molar-refractivity contribution in [3.63, 3.8) is 0 Å². The van der Waals surface area contributed by atoms with Crippen molar-refractivity contribution in [2.45, 2.75) is 23.6 Å². The predicted molar refractivity (Wildman–Crippen MR) is 110 cm³/mol. The molecule has 0 aliphatic rings. The van der Waals surface area contributed by atoms with Crippen molar-refractivity contribution in [1.82, 2.24) is 0 Å². The first-order chi connectivity index (χ1) is 13.8. The Morgan fingerprint density at radius 3 is 1.38 bits per heavy atom. The summed E-state index contributed by atoms with van der Waals surface area (Å²) in [6.45, 7) is 9.82. The molecule has 7 heteroatoms. The lowest BCUT2D eigenvalue weighted by molar-refractivity contribution is -0.146. The Balaban J connectivity index is 1.79. The molecule has 0 bridgehead atoms. The van der Waals surface area contributed by atoms with E-state index in [1.165, 1.54) is 0 Å². The van der Waals surface area contributed by atoms with E-state index in [4.69, 9.17) is 18.9 Å². The maximum absolute atomic E-state index is 11.3. The van der Waals surface area contributed by atoms with Crippen molar-refractivity contribution in [2.75, 3.05) is 13.6 Å². The number of ether oxygens (including phenoxy) is 4. The van der Waals surface area contributed by atoms with Gasteiger partial charge in [-0.15, -0.1) is 0 Å². The molecule has 0 aromatic heterocycles. The second kappa shape index (κ2) is 11.0. The Morgan fingerprint density at radius 2 is 1.07 bits per heavy atom. The van der Waals surface area contributed by atoms with Crippen LogP contribution < -0.4 is 9.47 Å². The van der Waals surface area contributed by atoms with Crippen LogP contribution in [0.5, 0.6) is 11.5 Å². The van der Waals surface area contributed by atoms with Gasteiger partial charge in [-0.2, -0.15) is 0 Å². The molecule has 0 aliphatic carbocycles. The molecule has 2 rings (SSSR count). The van der Waals surface area contributed by atoms with Gasteiger partial charge < -0.3 is 18.9 Å². The van der Waals surface area contributed by atoms with Crippen LogP contribution in [0.1, 0.15) is 13.8 Å². The molecule has 152 valence electrons. The number of rotatable bonds is 10. The molecular weight excluding hydrogens is 392 g/mol. The first-order valence-electron chi connectivity index (χ1n) is 8.64. The SMILES string of the molecule is C=C(C)C(=O)OCOc1ccc(Sc2ccc(OCOC(=O)C(=C)C)cc2)cc1. The van der Waals surface area contributed by atoms with Crippen molar-refractivity contribution < 1.29 is 28.5 Å². The topological polar surface area (TPSA) is 71.1 Å². The minimum absolute atomic E-state index is 0.165. The van der Waals surface area contributed by atoms with E-state index in [0.29, 0.717) is 22.6 Å². The molecule has 0 amide bonds. The van der Waals surface area contributed by atoms with Gasteiger partial charge in [0.25, 0.3) is 0 Å². The van der Waals surface area contributed by atoms with Gasteiger partial charge in [-0.3, -0.25) is 0 Å². The lowest BCUT2D eigenvalue weighted by atomic mass is 10.3. The monoisotopic (exact) mass is 414 g/mol. The first-order valence-corrected chi connectivity index (χ1v) is 9.45. The molecule has 6 nitrogen and oxygen atoms in total. The fourth-order valence-electron chi connectivity index (χ4n) is 1.89. The number of esters is 2. The molecule has 0 radical (unpaired) electrons. The molecule has 2 aromatic carbocycles. The third kappa shape index (κ3) is 7.75. The zero-order valence-corrected chi connectivity index (χ0v) is 17.1. The zero-order chi connectivity index (χ0) is 21.2. The van der Waals surface area contributed by atoms with E-state index in [1.54, 1.807) is 49.9 Å².